The summed E-state index contributed by atoms with van der Waals surface area (Å²) in [7, 11) is 1.64. The summed E-state index contributed by atoms with van der Waals surface area (Å²) in [4.78, 5) is 12.6. The van der Waals surface area contributed by atoms with Gasteiger partial charge in [0.25, 0.3) is 0 Å². The zero-order chi connectivity index (χ0) is 16.8. The van der Waals surface area contributed by atoms with Gasteiger partial charge in [0.1, 0.15) is 5.75 Å². The first-order valence-corrected chi connectivity index (χ1v) is 8.23. The Morgan fingerprint density at radius 3 is 2.83 bits per heavy atom. The molecule has 6 heteroatoms. The fraction of sp³-hybridized carbons (Fsp3) is 0.444. The molecule has 1 N–H and O–H groups in total. The minimum absolute atomic E-state index is 0.0580. The minimum Gasteiger partial charge on any atom is -0.496 e. The third kappa shape index (κ3) is 3.59. The average molecular weight is 329 g/mol. The number of hydrogen-bond donors (Lipinski definition) is 1. The van der Waals surface area contributed by atoms with E-state index in [0.717, 1.165) is 24.2 Å². The molecule has 1 amide bonds. The van der Waals surface area contributed by atoms with E-state index in [1.54, 1.807) is 13.3 Å². The van der Waals surface area contributed by atoms with Gasteiger partial charge >= 0.3 is 0 Å². The number of nitrogens with zero attached hydrogens (tertiary/aromatic N) is 2. The van der Waals surface area contributed by atoms with Gasteiger partial charge in [0.15, 0.2) is 0 Å². The number of benzene rings is 1. The van der Waals surface area contributed by atoms with Gasteiger partial charge in [-0.15, -0.1) is 0 Å². The Bertz CT molecular complexity index is 666. The van der Waals surface area contributed by atoms with Gasteiger partial charge in [-0.25, -0.2) is 0 Å². The number of rotatable bonds is 9. The van der Waals surface area contributed by atoms with Crippen molar-refractivity contribution < 1.29 is 14.3 Å². The van der Waals surface area contributed by atoms with Crippen LogP contribution >= 0.6 is 0 Å². The lowest BCUT2D eigenvalue weighted by Gasteiger charge is -2.18. The Kier molecular flexibility index (Phi) is 5.15. The van der Waals surface area contributed by atoms with Crippen LogP contribution in [-0.2, 0) is 21.5 Å². The first-order chi connectivity index (χ1) is 11.8. The molecule has 1 aliphatic carbocycles. The molecule has 0 atom stereocenters. The molecule has 3 rings (SSSR count). The number of methoxy groups -OCH3 is 1. The first-order valence-electron chi connectivity index (χ1n) is 8.23. The summed E-state index contributed by atoms with van der Waals surface area (Å²) in [6.45, 7) is 2.30. The van der Waals surface area contributed by atoms with E-state index in [0.29, 0.717) is 26.3 Å². The zero-order valence-electron chi connectivity index (χ0n) is 13.9. The highest BCUT2D eigenvalue weighted by Crippen LogP contribution is 2.51. The number of carbonyl (C=O) groups is 1. The van der Waals surface area contributed by atoms with Crippen LogP contribution in [0.3, 0.4) is 0 Å². The van der Waals surface area contributed by atoms with Crippen LogP contribution in [0, 0.1) is 0 Å². The standard InChI is InChI=1S/C18H23N3O3/c1-23-16-6-3-2-5-15(16)18(7-8-18)17(22)19-10-13-24-14-12-21-11-4-9-20-21/h2-6,9,11H,7-8,10,12-14H2,1H3,(H,19,22). The summed E-state index contributed by atoms with van der Waals surface area (Å²) in [5.74, 6) is 0.836. The summed E-state index contributed by atoms with van der Waals surface area (Å²) in [5.41, 5.74) is 0.548. The molecule has 1 fully saturated rings. The highest BCUT2D eigenvalue weighted by molar-refractivity contribution is 5.92. The molecule has 24 heavy (non-hydrogen) atoms. The molecular weight excluding hydrogens is 306 g/mol. The van der Waals surface area contributed by atoms with Crippen molar-refractivity contribution in [3.63, 3.8) is 0 Å². The molecule has 1 saturated carbocycles. The Labute approximate surface area is 141 Å². The topological polar surface area (TPSA) is 65.4 Å². The lowest BCUT2D eigenvalue weighted by Crippen LogP contribution is -2.37. The fourth-order valence-corrected chi connectivity index (χ4v) is 2.88. The number of amides is 1. The quantitative estimate of drug-likeness (QED) is 0.712. The van der Waals surface area contributed by atoms with Crippen molar-refractivity contribution in [2.45, 2.75) is 24.8 Å². The SMILES string of the molecule is COc1ccccc1C1(C(=O)NCCOCCn2cccn2)CC1. The summed E-state index contributed by atoms with van der Waals surface area (Å²) < 4.78 is 12.8. The smallest absolute Gasteiger partial charge is 0.230 e. The van der Waals surface area contributed by atoms with Crippen molar-refractivity contribution in [1.82, 2.24) is 15.1 Å². The predicted molar refractivity (Wildman–Crippen MR) is 90.0 cm³/mol. The number of hydrogen-bond acceptors (Lipinski definition) is 4. The van der Waals surface area contributed by atoms with Crippen LogP contribution in [0.2, 0.25) is 0 Å². The Morgan fingerprint density at radius 1 is 1.29 bits per heavy atom. The molecule has 1 aromatic carbocycles. The molecule has 128 valence electrons. The largest absolute Gasteiger partial charge is 0.496 e. The van der Waals surface area contributed by atoms with Crippen LogP contribution in [0.1, 0.15) is 18.4 Å². The van der Waals surface area contributed by atoms with E-state index in [-0.39, 0.29) is 5.91 Å². The van der Waals surface area contributed by atoms with Gasteiger partial charge in [-0.05, 0) is 25.0 Å². The molecule has 0 unspecified atom stereocenters. The highest BCUT2D eigenvalue weighted by Gasteiger charge is 2.52. The van der Waals surface area contributed by atoms with Gasteiger partial charge < -0.3 is 14.8 Å². The molecule has 6 nitrogen and oxygen atoms in total. The molecular formula is C18H23N3O3. The minimum atomic E-state index is -0.429. The average Bonchev–Trinajstić information content (AvgIpc) is 3.27. The van der Waals surface area contributed by atoms with E-state index < -0.39 is 5.41 Å². The summed E-state index contributed by atoms with van der Waals surface area (Å²) in [6.07, 6.45) is 5.36. The number of nitrogens with one attached hydrogen (secondary N) is 1. The second-order valence-corrected chi connectivity index (χ2v) is 5.92. The number of para-hydroxylation sites is 1. The van der Waals surface area contributed by atoms with Gasteiger partial charge in [-0.2, -0.15) is 5.10 Å². The van der Waals surface area contributed by atoms with Gasteiger partial charge in [0.2, 0.25) is 5.91 Å². The lowest BCUT2D eigenvalue weighted by molar-refractivity contribution is -0.123. The van der Waals surface area contributed by atoms with Crippen LogP contribution < -0.4 is 10.1 Å². The summed E-state index contributed by atoms with van der Waals surface area (Å²) in [6, 6.07) is 9.63. The second kappa shape index (κ2) is 7.49. The monoisotopic (exact) mass is 329 g/mol. The summed E-state index contributed by atoms with van der Waals surface area (Å²) in [5, 5.41) is 7.09. The molecule has 1 aromatic heterocycles. The molecule has 0 spiro atoms. The number of carbonyl (C=O) groups excluding carboxylic acids is 1. The fourth-order valence-electron chi connectivity index (χ4n) is 2.88. The third-order valence-electron chi connectivity index (χ3n) is 4.36. The maximum atomic E-state index is 12.6. The van der Waals surface area contributed by atoms with E-state index in [2.05, 4.69) is 10.4 Å². The van der Waals surface area contributed by atoms with E-state index in [1.807, 2.05) is 41.2 Å². The van der Waals surface area contributed by atoms with Gasteiger partial charge in [-0.3, -0.25) is 9.48 Å². The van der Waals surface area contributed by atoms with E-state index in [9.17, 15) is 4.79 Å². The highest BCUT2D eigenvalue weighted by atomic mass is 16.5. The van der Waals surface area contributed by atoms with Gasteiger partial charge in [-0.1, -0.05) is 18.2 Å². The maximum absolute atomic E-state index is 12.6. The van der Waals surface area contributed by atoms with Crippen LogP contribution in [0.4, 0.5) is 0 Å². The van der Waals surface area contributed by atoms with Gasteiger partial charge in [0.05, 0.1) is 32.3 Å². The van der Waals surface area contributed by atoms with Crippen molar-refractivity contribution in [3.05, 3.63) is 48.3 Å². The normalized spacial score (nSPS) is 15.0. The van der Waals surface area contributed by atoms with Crippen LogP contribution in [0.15, 0.2) is 42.7 Å². The second-order valence-electron chi connectivity index (χ2n) is 5.92. The first kappa shape index (κ1) is 16.5. The third-order valence-corrected chi connectivity index (χ3v) is 4.36. The summed E-state index contributed by atoms with van der Waals surface area (Å²) >= 11 is 0. The van der Waals surface area contributed by atoms with Crippen LogP contribution in [0.5, 0.6) is 5.75 Å². The van der Waals surface area contributed by atoms with Crippen molar-refractivity contribution in [1.29, 1.82) is 0 Å². The molecule has 0 saturated heterocycles. The Morgan fingerprint density at radius 2 is 2.12 bits per heavy atom. The predicted octanol–water partition coefficient (Wildman–Crippen LogP) is 1.76. The molecule has 1 aliphatic rings. The Hall–Kier alpha value is -2.34. The van der Waals surface area contributed by atoms with Crippen molar-refractivity contribution >= 4 is 5.91 Å². The lowest BCUT2D eigenvalue weighted by atomic mass is 9.94. The zero-order valence-corrected chi connectivity index (χ0v) is 13.9. The van der Waals surface area contributed by atoms with Crippen LogP contribution in [-0.4, -0.2) is 42.6 Å². The van der Waals surface area contributed by atoms with E-state index in [1.165, 1.54) is 0 Å². The molecule has 1 heterocycles. The van der Waals surface area contributed by atoms with Gasteiger partial charge in [0, 0.05) is 24.5 Å². The number of aromatic nitrogens is 2. The van der Waals surface area contributed by atoms with E-state index >= 15 is 0 Å². The Balaban J connectivity index is 1.43. The number of ether oxygens (including phenoxy) is 2. The molecule has 0 radical (unpaired) electrons. The molecule has 2 aromatic rings. The van der Waals surface area contributed by atoms with Crippen molar-refractivity contribution in [2.75, 3.05) is 26.9 Å². The molecule has 0 bridgehead atoms. The maximum Gasteiger partial charge on any atom is 0.230 e. The van der Waals surface area contributed by atoms with Crippen LogP contribution in [0.25, 0.3) is 0 Å². The van der Waals surface area contributed by atoms with Crippen molar-refractivity contribution in [3.8, 4) is 5.75 Å². The molecule has 0 aliphatic heterocycles. The van der Waals surface area contributed by atoms with Crippen molar-refractivity contribution in [2.24, 2.45) is 0 Å². The van der Waals surface area contributed by atoms with E-state index in [4.69, 9.17) is 9.47 Å².